The molecule has 0 aromatic rings. The third kappa shape index (κ3) is 10.9. The first kappa shape index (κ1) is 45.0. The van der Waals surface area contributed by atoms with Gasteiger partial charge in [-0.25, -0.2) is 0 Å². The first-order chi connectivity index (χ1) is 27.8. The SMILES string of the molecule is CCCC1CCCC1N(C(CC)CCCCCNC1CCC(C2CC(C)C(C3CCCCC3C)C2)CC1C(C)C1CCC(C)C(C2CCCC2C)C1)C1CCCC1. The van der Waals surface area contributed by atoms with Gasteiger partial charge < -0.3 is 5.32 Å². The van der Waals surface area contributed by atoms with E-state index >= 15 is 0 Å². The van der Waals surface area contributed by atoms with Crippen molar-refractivity contribution in [3.05, 3.63) is 0 Å². The molecule has 7 saturated carbocycles. The lowest BCUT2D eigenvalue weighted by molar-refractivity contribution is 0.0375. The van der Waals surface area contributed by atoms with Gasteiger partial charge in [0.2, 0.25) is 0 Å². The quantitative estimate of drug-likeness (QED) is 0.139. The summed E-state index contributed by atoms with van der Waals surface area (Å²) < 4.78 is 0. The van der Waals surface area contributed by atoms with E-state index in [1.165, 1.54) is 167 Å². The zero-order chi connectivity index (χ0) is 39.9. The summed E-state index contributed by atoms with van der Waals surface area (Å²) in [6, 6.07) is 3.39. The minimum atomic E-state index is 0.770. The highest BCUT2D eigenvalue weighted by molar-refractivity contribution is 4.98. The van der Waals surface area contributed by atoms with E-state index in [0.29, 0.717) is 0 Å². The van der Waals surface area contributed by atoms with Crippen LogP contribution in [0.3, 0.4) is 0 Å². The van der Waals surface area contributed by atoms with Crippen LogP contribution in [0, 0.1) is 82.9 Å². The van der Waals surface area contributed by atoms with Crippen LogP contribution in [0.25, 0.3) is 0 Å². The topological polar surface area (TPSA) is 15.3 Å². The van der Waals surface area contributed by atoms with E-state index in [0.717, 1.165) is 107 Å². The number of hydrogen-bond acceptors (Lipinski definition) is 2. The Hall–Kier alpha value is -0.0800. The van der Waals surface area contributed by atoms with Crippen LogP contribution in [-0.4, -0.2) is 35.6 Å². The summed E-state index contributed by atoms with van der Waals surface area (Å²) in [6.07, 6.45) is 43.2. The maximum atomic E-state index is 4.38. The Kier molecular flexibility index (Phi) is 17.2. The molecule has 1 N–H and O–H groups in total. The Morgan fingerprint density at radius 1 is 0.561 bits per heavy atom. The van der Waals surface area contributed by atoms with Gasteiger partial charge in [-0.1, -0.05) is 126 Å². The van der Waals surface area contributed by atoms with Crippen LogP contribution in [0.2, 0.25) is 0 Å². The Bertz CT molecular complexity index is 1140. The molecule has 330 valence electrons. The van der Waals surface area contributed by atoms with Gasteiger partial charge in [0.15, 0.2) is 0 Å². The molecule has 0 aromatic heterocycles. The Labute approximate surface area is 357 Å². The van der Waals surface area contributed by atoms with Crippen molar-refractivity contribution < 1.29 is 0 Å². The second-order valence-electron chi connectivity index (χ2n) is 23.6. The van der Waals surface area contributed by atoms with Gasteiger partial charge in [0.05, 0.1) is 0 Å². The molecule has 2 heteroatoms. The molecule has 0 aromatic carbocycles. The summed E-state index contributed by atoms with van der Waals surface area (Å²) in [5.41, 5.74) is 0. The minimum Gasteiger partial charge on any atom is -0.314 e. The predicted molar refractivity (Wildman–Crippen MR) is 247 cm³/mol. The smallest absolute Gasteiger partial charge is 0.0129 e. The van der Waals surface area contributed by atoms with Crippen LogP contribution in [0.15, 0.2) is 0 Å². The van der Waals surface area contributed by atoms with Gasteiger partial charge in [0, 0.05) is 24.2 Å². The van der Waals surface area contributed by atoms with E-state index in [1.807, 2.05) is 0 Å². The molecule has 2 nitrogen and oxygen atoms in total. The average Bonchev–Trinajstić information content (AvgIpc) is 4.06. The monoisotopic (exact) mass is 789 g/mol. The van der Waals surface area contributed by atoms with Crippen molar-refractivity contribution in [2.24, 2.45) is 82.9 Å². The number of unbranched alkanes of at least 4 members (excludes halogenated alkanes) is 2. The van der Waals surface area contributed by atoms with E-state index < -0.39 is 0 Å². The summed E-state index contributed by atoms with van der Waals surface area (Å²) in [5, 5.41) is 4.38. The van der Waals surface area contributed by atoms with Gasteiger partial charge in [-0.15, -0.1) is 0 Å². The normalized spacial score (nSPS) is 43.3. The van der Waals surface area contributed by atoms with Crippen molar-refractivity contribution in [3.8, 4) is 0 Å². The molecule has 7 fully saturated rings. The summed E-state index contributed by atoms with van der Waals surface area (Å²) in [7, 11) is 0. The lowest BCUT2D eigenvalue weighted by atomic mass is 9.60. The number of nitrogens with zero attached hydrogens (tertiary/aromatic N) is 1. The van der Waals surface area contributed by atoms with Gasteiger partial charge in [0.1, 0.15) is 0 Å². The molecule has 17 atom stereocenters. The third-order valence-electron chi connectivity index (χ3n) is 20.4. The summed E-state index contributed by atoms with van der Waals surface area (Å²) >= 11 is 0. The first-order valence-corrected chi connectivity index (χ1v) is 27.3. The average molecular weight is 789 g/mol. The molecule has 0 spiro atoms. The second-order valence-corrected chi connectivity index (χ2v) is 23.6. The molecule has 0 heterocycles. The fourth-order valence-corrected chi connectivity index (χ4v) is 17.1. The molecular weight excluding hydrogens is 689 g/mol. The summed E-state index contributed by atoms with van der Waals surface area (Å²) in [5.74, 6) is 13.7. The van der Waals surface area contributed by atoms with Crippen molar-refractivity contribution in [1.29, 1.82) is 0 Å². The Morgan fingerprint density at radius 2 is 1.25 bits per heavy atom. The lowest BCUT2D eigenvalue weighted by Crippen LogP contribution is -2.50. The molecular formula is C55H100N2. The van der Waals surface area contributed by atoms with Gasteiger partial charge in [-0.2, -0.15) is 0 Å². The fraction of sp³-hybridized carbons (Fsp3) is 1.00. The lowest BCUT2D eigenvalue weighted by Gasteiger charge is -2.47. The molecule has 7 aliphatic rings. The van der Waals surface area contributed by atoms with Crippen LogP contribution in [0.1, 0.15) is 235 Å². The maximum absolute atomic E-state index is 4.38. The van der Waals surface area contributed by atoms with Crippen molar-refractivity contribution in [3.63, 3.8) is 0 Å². The maximum Gasteiger partial charge on any atom is 0.0129 e. The van der Waals surface area contributed by atoms with Gasteiger partial charge in [-0.3, -0.25) is 4.90 Å². The van der Waals surface area contributed by atoms with Gasteiger partial charge in [0.25, 0.3) is 0 Å². The predicted octanol–water partition coefficient (Wildman–Crippen LogP) is 15.5. The van der Waals surface area contributed by atoms with E-state index in [-0.39, 0.29) is 0 Å². The van der Waals surface area contributed by atoms with Crippen molar-refractivity contribution in [2.75, 3.05) is 6.54 Å². The summed E-state index contributed by atoms with van der Waals surface area (Å²) in [6.45, 7) is 19.6. The van der Waals surface area contributed by atoms with Crippen LogP contribution >= 0.6 is 0 Å². The van der Waals surface area contributed by atoms with Gasteiger partial charge in [-0.05, 0) is 199 Å². The molecule has 17 unspecified atom stereocenters. The van der Waals surface area contributed by atoms with E-state index in [2.05, 4.69) is 58.7 Å². The van der Waals surface area contributed by atoms with Crippen LogP contribution in [-0.2, 0) is 0 Å². The van der Waals surface area contributed by atoms with Gasteiger partial charge >= 0.3 is 0 Å². The zero-order valence-corrected chi connectivity index (χ0v) is 39.6. The van der Waals surface area contributed by atoms with E-state index in [9.17, 15) is 0 Å². The molecule has 7 rings (SSSR count). The highest BCUT2D eigenvalue weighted by Gasteiger charge is 2.47. The van der Waals surface area contributed by atoms with E-state index in [4.69, 9.17) is 0 Å². The molecule has 0 radical (unpaired) electrons. The largest absolute Gasteiger partial charge is 0.314 e. The molecule has 0 bridgehead atoms. The summed E-state index contributed by atoms with van der Waals surface area (Å²) in [4.78, 5) is 3.19. The van der Waals surface area contributed by atoms with Crippen molar-refractivity contribution >= 4 is 0 Å². The fourth-order valence-electron chi connectivity index (χ4n) is 17.1. The molecule has 0 amide bonds. The molecule has 7 aliphatic carbocycles. The van der Waals surface area contributed by atoms with E-state index in [1.54, 1.807) is 25.7 Å². The highest BCUT2D eigenvalue weighted by Crippen LogP contribution is 2.54. The molecule has 0 aliphatic heterocycles. The third-order valence-corrected chi connectivity index (χ3v) is 20.4. The number of hydrogen-bond donors (Lipinski definition) is 1. The van der Waals surface area contributed by atoms with Crippen LogP contribution in [0.4, 0.5) is 0 Å². The standard InChI is InChI=1S/C55H100N2/c1-8-19-43-22-18-28-55(43)57(48-24-13-14-25-48)47(9-2)23-11-10-16-33-56-54-32-31-45(46-34-41(6)52(37-46)49-26-15-12-20-38(49)3)36-53(54)42(7)44-30-29-40(5)51(35-44)50-27-17-21-39(50)4/h38-56H,8-37H2,1-7H3. The Balaban J connectivity index is 0.955. The first-order valence-electron chi connectivity index (χ1n) is 27.3. The number of nitrogens with one attached hydrogen (secondary N) is 1. The molecule has 0 saturated heterocycles. The number of rotatable bonds is 18. The highest BCUT2D eigenvalue weighted by atomic mass is 15.2. The second kappa shape index (κ2) is 21.8. The zero-order valence-electron chi connectivity index (χ0n) is 39.6. The van der Waals surface area contributed by atoms with Crippen LogP contribution in [0.5, 0.6) is 0 Å². The van der Waals surface area contributed by atoms with Crippen LogP contribution < -0.4 is 5.32 Å². The Morgan fingerprint density at radius 3 is 1.96 bits per heavy atom. The molecule has 57 heavy (non-hydrogen) atoms. The van der Waals surface area contributed by atoms with Crippen molar-refractivity contribution in [1.82, 2.24) is 10.2 Å². The van der Waals surface area contributed by atoms with Crippen molar-refractivity contribution in [2.45, 2.75) is 259 Å². The minimum absolute atomic E-state index is 0.770.